The molecule has 2 aliphatic rings. The maximum atomic E-state index is 14.0. The number of fused-ring (bicyclic) bond motifs is 1. The molecule has 1 aromatic carbocycles. The maximum absolute atomic E-state index is 14.0. The molecule has 0 amide bonds. The van der Waals surface area contributed by atoms with Crippen molar-refractivity contribution < 1.29 is 4.39 Å². The van der Waals surface area contributed by atoms with Crippen LogP contribution in [0.15, 0.2) is 24.3 Å². The fourth-order valence-corrected chi connectivity index (χ4v) is 4.02. The predicted molar refractivity (Wildman–Crippen MR) is 80.1 cm³/mol. The van der Waals surface area contributed by atoms with Gasteiger partial charge in [-0.05, 0) is 37.3 Å². The standard InChI is InChI=1S/C17H25FN2/c1-2-19-17(15-8-3-4-9-16(15)18)12-20-10-13-6-5-7-14(13)11-20/h3-4,8-9,13-14,17,19H,2,5-7,10-12H2,1H3. The van der Waals surface area contributed by atoms with Gasteiger partial charge in [0.2, 0.25) is 0 Å². The molecule has 2 fully saturated rings. The molecule has 1 saturated carbocycles. The van der Waals surface area contributed by atoms with Crippen molar-refractivity contribution in [3.63, 3.8) is 0 Å². The van der Waals surface area contributed by atoms with E-state index in [9.17, 15) is 4.39 Å². The molecule has 1 N–H and O–H groups in total. The van der Waals surface area contributed by atoms with Crippen LogP contribution in [0.25, 0.3) is 0 Å². The summed E-state index contributed by atoms with van der Waals surface area (Å²) in [5.41, 5.74) is 0.811. The Hall–Kier alpha value is -0.930. The minimum Gasteiger partial charge on any atom is -0.309 e. The van der Waals surface area contributed by atoms with E-state index < -0.39 is 0 Å². The first kappa shape index (κ1) is 14.0. The Kier molecular flexibility index (Phi) is 4.37. The normalized spacial score (nSPS) is 27.7. The lowest BCUT2D eigenvalue weighted by Crippen LogP contribution is -2.35. The van der Waals surface area contributed by atoms with Crippen LogP contribution in [-0.4, -0.2) is 31.1 Å². The van der Waals surface area contributed by atoms with E-state index in [4.69, 9.17) is 0 Å². The first-order valence-corrected chi connectivity index (χ1v) is 7.98. The van der Waals surface area contributed by atoms with E-state index >= 15 is 0 Å². The summed E-state index contributed by atoms with van der Waals surface area (Å²) in [6, 6.07) is 7.29. The zero-order valence-electron chi connectivity index (χ0n) is 12.3. The van der Waals surface area contributed by atoms with Crippen LogP contribution >= 0.6 is 0 Å². The van der Waals surface area contributed by atoms with Crippen LogP contribution < -0.4 is 5.32 Å². The molecule has 1 aliphatic carbocycles. The molecule has 2 nitrogen and oxygen atoms in total. The molecule has 3 heteroatoms. The average molecular weight is 276 g/mol. The Morgan fingerprint density at radius 3 is 2.60 bits per heavy atom. The van der Waals surface area contributed by atoms with E-state index in [1.807, 2.05) is 12.1 Å². The van der Waals surface area contributed by atoms with Gasteiger partial charge in [-0.25, -0.2) is 4.39 Å². The number of likely N-dealkylation sites (tertiary alicyclic amines) is 1. The van der Waals surface area contributed by atoms with Gasteiger partial charge in [0.15, 0.2) is 0 Å². The Morgan fingerprint density at radius 2 is 1.95 bits per heavy atom. The number of nitrogens with one attached hydrogen (secondary N) is 1. The summed E-state index contributed by atoms with van der Waals surface area (Å²) >= 11 is 0. The molecule has 110 valence electrons. The highest BCUT2D eigenvalue weighted by atomic mass is 19.1. The van der Waals surface area contributed by atoms with E-state index in [1.165, 1.54) is 32.4 Å². The highest BCUT2D eigenvalue weighted by molar-refractivity contribution is 5.21. The van der Waals surface area contributed by atoms with Gasteiger partial charge in [-0.15, -0.1) is 0 Å². The van der Waals surface area contributed by atoms with Crippen LogP contribution in [-0.2, 0) is 0 Å². The topological polar surface area (TPSA) is 15.3 Å². The van der Waals surface area contributed by atoms with Crippen molar-refractivity contribution in [1.29, 1.82) is 0 Å². The minimum absolute atomic E-state index is 0.0853. The summed E-state index contributed by atoms with van der Waals surface area (Å²) in [4.78, 5) is 2.54. The van der Waals surface area contributed by atoms with E-state index in [1.54, 1.807) is 12.1 Å². The number of likely N-dealkylation sites (N-methyl/N-ethyl adjacent to an activating group) is 1. The molecule has 1 heterocycles. The van der Waals surface area contributed by atoms with Crippen molar-refractivity contribution >= 4 is 0 Å². The number of nitrogens with zero attached hydrogens (tertiary/aromatic N) is 1. The highest BCUT2D eigenvalue weighted by Gasteiger charge is 2.36. The largest absolute Gasteiger partial charge is 0.309 e. The Bertz CT molecular complexity index is 436. The molecule has 0 aromatic heterocycles. The van der Waals surface area contributed by atoms with Crippen molar-refractivity contribution in [1.82, 2.24) is 10.2 Å². The fraction of sp³-hybridized carbons (Fsp3) is 0.647. The van der Waals surface area contributed by atoms with Crippen molar-refractivity contribution in [2.45, 2.75) is 32.2 Å². The van der Waals surface area contributed by atoms with Gasteiger partial charge in [0.1, 0.15) is 5.82 Å². The van der Waals surface area contributed by atoms with Crippen LogP contribution in [0.5, 0.6) is 0 Å². The summed E-state index contributed by atoms with van der Waals surface area (Å²) in [6.45, 7) is 6.32. The highest BCUT2D eigenvalue weighted by Crippen LogP contribution is 2.38. The molecule has 3 unspecified atom stereocenters. The minimum atomic E-state index is -0.0853. The van der Waals surface area contributed by atoms with Gasteiger partial charge in [0.05, 0.1) is 0 Å². The predicted octanol–water partition coefficient (Wildman–Crippen LogP) is 3.21. The Labute approximate surface area is 121 Å². The summed E-state index contributed by atoms with van der Waals surface area (Å²) < 4.78 is 14.0. The third kappa shape index (κ3) is 2.89. The third-order valence-corrected chi connectivity index (χ3v) is 4.97. The summed E-state index contributed by atoms with van der Waals surface area (Å²) in [5.74, 6) is 1.72. The summed E-state index contributed by atoms with van der Waals surface area (Å²) in [6.07, 6.45) is 4.20. The Balaban J connectivity index is 1.67. The SMILES string of the molecule is CCNC(CN1CC2CCCC2C1)c1ccccc1F. The number of hydrogen-bond donors (Lipinski definition) is 1. The first-order chi connectivity index (χ1) is 9.78. The van der Waals surface area contributed by atoms with Crippen LogP contribution in [0.3, 0.4) is 0 Å². The molecular formula is C17H25FN2. The van der Waals surface area contributed by atoms with E-state index in [0.29, 0.717) is 0 Å². The second-order valence-electron chi connectivity index (χ2n) is 6.30. The summed E-state index contributed by atoms with van der Waals surface area (Å²) in [7, 11) is 0. The lowest BCUT2D eigenvalue weighted by atomic mass is 10.0. The quantitative estimate of drug-likeness (QED) is 0.888. The van der Waals surface area contributed by atoms with Gasteiger partial charge < -0.3 is 10.2 Å². The van der Waals surface area contributed by atoms with Crippen LogP contribution in [0.4, 0.5) is 4.39 Å². The molecule has 0 radical (unpaired) electrons. The number of rotatable bonds is 5. The molecular weight excluding hydrogens is 251 g/mol. The molecule has 0 spiro atoms. The van der Waals surface area contributed by atoms with Gasteiger partial charge in [-0.3, -0.25) is 0 Å². The van der Waals surface area contributed by atoms with Gasteiger partial charge in [-0.1, -0.05) is 31.5 Å². The zero-order chi connectivity index (χ0) is 13.9. The van der Waals surface area contributed by atoms with Crippen LogP contribution in [0, 0.1) is 17.7 Å². The molecule has 1 aromatic rings. The van der Waals surface area contributed by atoms with Gasteiger partial charge in [0, 0.05) is 31.2 Å². The van der Waals surface area contributed by atoms with Crippen molar-refractivity contribution in [2.24, 2.45) is 11.8 Å². The number of halogens is 1. The lowest BCUT2D eigenvalue weighted by Gasteiger charge is -2.25. The van der Waals surface area contributed by atoms with Crippen molar-refractivity contribution in [3.05, 3.63) is 35.6 Å². The lowest BCUT2D eigenvalue weighted by molar-refractivity contribution is 0.271. The van der Waals surface area contributed by atoms with E-state index in [-0.39, 0.29) is 11.9 Å². The average Bonchev–Trinajstić information content (AvgIpc) is 3.00. The van der Waals surface area contributed by atoms with Crippen LogP contribution in [0.2, 0.25) is 0 Å². The van der Waals surface area contributed by atoms with Gasteiger partial charge in [0.25, 0.3) is 0 Å². The first-order valence-electron chi connectivity index (χ1n) is 7.98. The van der Waals surface area contributed by atoms with E-state index in [2.05, 4.69) is 17.1 Å². The smallest absolute Gasteiger partial charge is 0.128 e. The second-order valence-corrected chi connectivity index (χ2v) is 6.30. The summed E-state index contributed by atoms with van der Waals surface area (Å²) in [5, 5.41) is 3.45. The molecule has 0 bridgehead atoms. The number of benzene rings is 1. The van der Waals surface area contributed by atoms with Gasteiger partial charge >= 0.3 is 0 Å². The fourth-order valence-electron chi connectivity index (χ4n) is 4.02. The van der Waals surface area contributed by atoms with E-state index in [0.717, 1.165) is 30.5 Å². The molecule has 3 rings (SSSR count). The third-order valence-electron chi connectivity index (χ3n) is 4.97. The number of hydrogen-bond acceptors (Lipinski definition) is 2. The van der Waals surface area contributed by atoms with Crippen LogP contribution in [0.1, 0.15) is 37.8 Å². The van der Waals surface area contributed by atoms with Crippen molar-refractivity contribution in [3.8, 4) is 0 Å². The Morgan fingerprint density at radius 1 is 1.25 bits per heavy atom. The molecule has 1 saturated heterocycles. The molecule has 1 aliphatic heterocycles. The monoisotopic (exact) mass is 276 g/mol. The second kappa shape index (κ2) is 6.23. The molecule has 20 heavy (non-hydrogen) atoms. The zero-order valence-corrected chi connectivity index (χ0v) is 12.3. The molecule has 3 atom stereocenters. The van der Waals surface area contributed by atoms with Gasteiger partial charge in [-0.2, -0.15) is 0 Å². The maximum Gasteiger partial charge on any atom is 0.128 e. The van der Waals surface area contributed by atoms with Crippen molar-refractivity contribution in [2.75, 3.05) is 26.2 Å².